The molecule has 0 aliphatic heterocycles. The summed E-state index contributed by atoms with van der Waals surface area (Å²) in [5, 5.41) is 0. The molecule has 0 saturated carbocycles. The van der Waals surface area contributed by atoms with Gasteiger partial charge in [-0.3, -0.25) is 4.79 Å². The summed E-state index contributed by atoms with van der Waals surface area (Å²) in [5.74, 6) is 0.130. The summed E-state index contributed by atoms with van der Waals surface area (Å²) >= 11 is 0. The van der Waals surface area contributed by atoms with Crippen LogP contribution in [-0.2, 0) is 9.59 Å². The molecule has 1 atom stereocenters. The third-order valence-electron chi connectivity index (χ3n) is 3.88. The van der Waals surface area contributed by atoms with Gasteiger partial charge < -0.3 is 4.79 Å². The third kappa shape index (κ3) is 6.84. The molecule has 0 N–H and O–H groups in total. The number of Topliss-reactive ketones (excluding diaryl/α,β-unsaturated/α-hetero) is 1. The van der Waals surface area contributed by atoms with Crippen molar-refractivity contribution >= 4 is 12.1 Å². The maximum atomic E-state index is 12.4. The Bertz CT molecular complexity index is 493. The molecule has 0 fully saturated rings. The number of carbonyl (C=O) groups is 2. The van der Waals surface area contributed by atoms with Gasteiger partial charge in [-0.2, -0.15) is 0 Å². The molecule has 2 heteroatoms. The summed E-state index contributed by atoms with van der Waals surface area (Å²) in [5.41, 5.74) is 3.63. The van der Waals surface area contributed by atoms with Crippen LogP contribution in [-0.4, -0.2) is 12.1 Å². The first-order valence-corrected chi connectivity index (χ1v) is 8.21. The van der Waals surface area contributed by atoms with Crippen LogP contribution in [0.1, 0.15) is 69.4 Å². The average molecular weight is 300 g/mol. The van der Waals surface area contributed by atoms with Crippen molar-refractivity contribution in [2.24, 2.45) is 0 Å². The first-order chi connectivity index (χ1) is 10.5. The number of carbonyl (C=O) groups excluding carboxylic acids is 2. The highest BCUT2D eigenvalue weighted by molar-refractivity contribution is 5.87. The van der Waals surface area contributed by atoms with Crippen LogP contribution in [0.4, 0.5) is 0 Å². The van der Waals surface area contributed by atoms with Crippen LogP contribution in [0.15, 0.2) is 35.9 Å². The van der Waals surface area contributed by atoms with Crippen molar-refractivity contribution < 1.29 is 9.59 Å². The van der Waals surface area contributed by atoms with E-state index >= 15 is 0 Å². The van der Waals surface area contributed by atoms with Gasteiger partial charge >= 0.3 is 0 Å². The molecule has 0 aliphatic rings. The minimum Gasteiger partial charge on any atom is -0.303 e. The summed E-state index contributed by atoms with van der Waals surface area (Å²) in [4.78, 5) is 22.9. The summed E-state index contributed by atoms with van der Waals surface area (Å²) in [7, 11) is 0. The zero-order valence-corrected chi connectivity index (χ0v) is 14.1. The van der Waals surface area contributed by atoms with E-state index in [-0.39, 0.29) is 11.7 Å². The van der Waals surface area contributed by atoms with Crippen molar-refractivity contribution in [3.8, 4) is 0 Å². The first-order valence-electron chi connectivity index (χ1n) is 8.21. The lowest BCUT2D eigenvalue weighted by molar-refractivity contribution is -0.122. The van der Waals surface area contributed by atoms with E-state index in [1.807, 2.05) is 6.92 Å². The van der Waals surface area contributed by atoms with Crippen LogP contribution in [0.3, 0.4) is 0 Å². The van der Waals surface area contributed by atoms with Crippen molar-refractivity contribution in [3.63, 3.8) is 0 Å². The van der Waals surface area contributed by atoms with Gasteiger partial charge in [-0.1, -0.05) is 47.9 Å². The van der Waals surface area contributed by atoms with E-state index in [1.165, 1.54) is 11.1 Å². The smallest absolute Gasteiger partial charge is 0.140 e. The van der Waals surface area contributed by atoms with Gasteiger partial charge in [-0.15, -0.1) is 0 Å². The molecule has 1 unspecified atom stereocenters. The number of hydrogen-bond acceptors (Lipinski definition) is 2. The van der Waals surface area contributed by atoms with E-state index in [1.54, 1.807) is 0 Å². The molecule has 0 radical (unpaired) electrons. The van der Waals surface area contributed by atoms with Gasteiger partial charge in [0.2, 0.25) is 0 Å². The zero-order valence-electron chi connectivity index (χ0n) is 14.1. The van der Waals surface area contributed by atoms with Crippen LogP contribution in [0.5, 0.6) is 0 Å². The van der Waals surface area contributed by atoms with Crippen LogP contribution in [0.25, 0.3) is 0 Å². The van der Waals surface area contributed by atoms with Gasteiger partial charge in [0, 0.05) is 18.8 Å². The molecule has 2 nitrogen and oxygen atoms in total. The highest BCUT2D eigenvalue weighted by Crippen LogP contribution is 2.25. The fraction of sp³-hybridized carbons (Fsp3) is 0.500. The van der Waals surface area contributed by atoms with Gasteiger partial charge in [-0.05, 0) is 45.6 Å². The Morgan fingerprint density at radius 2 is 1.77 bits per heavy atom. The van der Waals surface area contributed by atoms with Gasteiger partial charge in [0.25, 0.3) is 0 Å². The fourth-order valence-electron chi connectivity index (χ4n) is 2.57. The Labute approximate surface area is 134 Å². The van der Waals surface area contributed by atoms with Crippen molar-refractivity contribution in [2.45, 2.75) is 65.2 Å². The Hall–Kier alpha value is -1.70. The first kappa shape index (κ1) is 18.3. The Morgan fingerprint density at radius 1 is 1.09 bits per heavy atom. The summed E-state index contributed by atoms with van der Waals surface area (Å²) < 4.78 is 0. The molecule has 1 aromatic carbocycles. The summed E-state index contributed by atoms with van der Waals surface area (Å²) in [6, 6.07) is 8.21. The van der Waals surface area contributed by atoms with Crippen molar-refractivity contribution in [2.75, 3.05) is 0 Å². The monoisotopic (exact) mass is 300 g/mol. The number of benzene rings is 1. The lowest BCUT2D eigenvalue weighted by atomic mass is 9.87. The molecule has 0 aromatic heterocycles. The Morgan fingerprint density at radius 3 is 2.36 bits per heavy atom. The SMILES string of the molecule is CC(C)=CCCCCC(C(=O)CCC=O)c1ccc(C)cc1. The van der Waals surface area contributed by atoms with E-state index in [9.17, 15) is 9.59 Å². The largest absolute Gasteiger partial charge is 0.303 e. The number of hydrogen-bond donors (Lipinski definition) is 0. The van der Waals surface area contributed by atoms with E-state index in [0.29, 0.717) is 12.8 Å². The quantitative estimate of drug-likeness (QED) is 0.340. The van der Waals surface area contributed by atoms with Crippen molar-refractivity contribution in [1.29, 1.82) is 0 Å². The predicted octanol–water partition coefficient (Wildman–Crippen LogP) is 5.15. The number of allylic oxidation sites excluding steroid dienone is 2. The molecule has 0 amide bonds. The molecule has 1 aromatic rings. The number of aldehydes is 1. The number of unbranched alkanes of at least 4 members (excludes halogenated alkanes) is 2. The second kappa shape index (κ2) is 10.1. The fourth-order valence-corrected chi connectivity index (χ4v) is 2.57. The number of aryl methyl sites for hydroxylation is 1. The molecule has 0 heterocycles. The van der Waals surface area contributed by atoms with Crippen molar-refractivity contribution in [3.05, 3.63) is 47.0 Å². The third-order valence-corrected chi connectivity index (χ3v) is 3.88. The van der Waals surface area contributed by atoms with Gasteiger partial charge in [-0.25, -0.2) is 0 Å². The second-order valence-electron chi connectivity index (χ2n) is 6.20. The standard InChI is InChI=1S/C20H28O2/c1-16(2)8-5-4-6-9-19(20(22)10-7-15-21)18-13-11-17(3)12-14-18/h8,11-15,19H,4-7,9-10H2,1-3H3. The zero-order chi connectivity index (χ0) is 16.4. The predicted molar refractivity (Wildman–Crippen MR) is 92.1 cm³/mol. The molecule has 0 spiro atoms. The van der Waals surface area contributed by atoms with E-state index in [2.05, 4.69) is 44.2 Å². The topological polar surface area (TPSA) is 34.1 Å². The highest BCUT2D eigenvalue weighted by Gasteiger charge is 2.19. The van der Waals surface area contributed by atoms with Gasteiger partial charge in [0.15, 0.2) is 0 Å². The van der Waals surface area contributed by atoms with Gasteiger partial charge in [0.1, 0.15) is 12.1 Å². The lowest BCUT2D eigenvalue weighted by Crippen LogP contribution is -2.13. The molecular weight excluding hydrogens is 272 g/mol. The lowest BCUT2D eigenvalue weighted by Gasteiger charge is -2.16. The Balaban J connectivity index is 2.65. The average Bonchev–Trinajstić information content (AvgIpc) is 2.49. The van der Waals surface area contributed by atoms with Crippen LogP contribution >= 0.6 is 0 Å². The molecule has 0 saturated heterocycles. The van der Waals surface area contributed by atoms with E-state index in [0.717, 1.165) is 37.5 Å². The summed E-state index contributed by atoms with van der Waals surface area (Å²) in [6.07, 6.45) is 7.86. The van der Waals surface area contributed by atoms with Gasteiger partial charge in [0.05, 0.1) is 0 Å². The maximum Gasteiger partial charge on any atom is 0.140 e. The Kier molecular flexibility index (Phi) is 8.42. The van der Waals surface area contributed by atoms with E-state index < -0.39 is 0 Å². The van der Waals surface area contributed by atoms with Crippen LogP contribution in [0.2, 0.25) is 0 Å². The summed E-state index contributed by atoms with van der Waals surface area (Å²) in [6.45, 7) is 6.27. The normalized spacial score (nSPS) is 11.8. The van der Waals surface area contributed by atoms with Crippen molar-refractivity contribution in [1.82, 2.24) is 0 Å². The molecular formula is C20H28O2. The molecule has 22 heavy (non-hydrogen) atoms. The number of ketones is 1. The highest BCUT2D eigenvalue weighted by atomic mass is 16.1. The minimum atomic E-state index is -0.0627. The van der Waals surface area contributed by atoms with E-state index in [4.69, 9.17) is 0 Å². The molecule has 0 bridgehead atoms. The minimum absolute atomic E-state index is 0.0627. The molecule has 1 rings (SSSR count). The van der Waals surface area contributed by atoms with Crippen LogP contribution < -0.4 is 0 Å². The second-order valence-corrected chi connectivity index (χ2v) is 6.20. The number of rotatable bonds is 10. The van der Waals surface area contributed by atoms with Crippen LogP contribution in [0, 0.1) is 6.92 Å². The molecule has 120 valence electrons. The molecule has 0 aliphatic carbocycles. The maximum absolute atomic E-state index is 12.4.